The molecule has 1 rings (SSSR count). The predicted molar refractivity (Wildman–Crippen MR) is 79.2 cm³/mol. The van der Waals surface area contributed by atoms with Crippen LogP contribution in [0.5, 0.6) is 5.75 Å². The molecule has 1 aromatic rings. The number of carbonyl (C=O) groups is 2. The molecule has 1 unspecified atom stereocenters. The van der Waals surface area contributed by atoms with Crippen molar-refractivity contribution >= 4 is 23.3 Å². The minimum absolute atomic E-state index is 0.107. The number of benzene rings is 1. The summed E-state index contributed by atoms with van der Waals surface area (Å²) >= 11 is 0. The molecule has 0 heterocycles. The Labute approximate surface area is 118 Å². The highest BCUT2D eigenvalue weighted by Crippen LogP contribution is 2.27. The molecule has 1 atom stereocenters. The first kappa shape index (κ1) is 15.8. The van der Waals surface area contributed by atoms with Gasteiger partial charge in [-0.15, -0.1) is 0 Å². The number of carbonyl (C=O) groups excluding carboxylic acids is 2. The van der Waals surface area contributed by atoms with Crippen molar-refractivity contribution in [3.63, 3.8) is 0 Å². The molecule has 6 nitrogen and oxygen atoms in total. The van der Waals surface area contributed by atoms with E-state index in [1.165, 1.54) is 14.0 Å². The lowest BCUT2D eigenvalue weighted by atomic mass is 10.2. The number of nitrogens with one attached hydrogen (secondary N) is 3. The maximum absolute atomic E-state index is 11.7. The van der Waals surface area contributed by atoms with Crippen LogP contribution in [-0.2, 0) is 4.79 Å². The Morgan fingerprint density at radius 3 is 2.55 bits per heavy atom. The second kappa shape index (κ2) is 7.37. The van der Waals surface area contributed by atoms with Gasteiger partial charge in [0.2, 0.25) is 5.91 Å². The van der Waals surface area contributed by atoms with Gasteiger partial charge in [0.05, 0.1) is 12.8 Å². The Hall–Kier alpha value is -2.24. The van der Waals surface area contributed by atoms with E-state index in [1.54, 1.807) is 18.2 Å². The van der Waals surface area contributed by atoms with Gasteiger partial charge in [0.1, 0.15) is 5.75 Å². The first-order chi connectivity index (χ1) is 9.46. The maximum atomic E-state index is 11.7. The van der Waals surface area contributed by atoms with E-state index in [-0.39, 0.29) is 18.0 Å². The van der Waals surface area contributed by atoms with Crippen molar-refractivity contribution in [3.05, 3.63) is 18.2 Å². The van der Waals surface area contributed by atoms with Crippen molar-refractivity contribution in [2.24, 2.45) is 0 Å². The molecule has 0 fully saturated rings. The van der Waals surface area contributed by atoms with E-state index in [0.29, 0.717) is 17.1 Å². The molecule has 0 spiro atoms. The average molecular weight is 279 g/mol. The van der Waals surface area contributed by atoms with Gasteiger partial charge in [0, 0.05) is 24.7 Å². The SMILES string of the molecule is CCC(C)NC(=O)Nc1ccc(NC(C)=O)c(OC)c1. The lowest BCUT2D eigenvalue weighted by Crippen LogP contribution is -2.35. The maximum Gasteiger partial charge on any atom is 0.319 e. The molecule has 20 heavy (non-hydrogen) atoms. The number of ether oxygens (including phenoxy) is 1. The third kappa shape index (κ3) is 4.79. The van der Waals surface area contributed by atoms with Crippen LogP contribution >= 0.6 is 0 Å². The van der Waals surface area contributed by atoms with E-state index >= 15 is 0 Å². The summed E-state index contributed by atoms with van der Waals surface area (Å²) in [6.07, 6.45) is 0.859. The fraction of sp³-hybridized carbons (Fsp3) is 0.429. The number of rotatable bonds is 5. The Morgan fingerprint density at radius 2 is 2.00 bits per heavy atom. The van der Waals surface area contributed by atoms with Crippen molar-refractivity contribution in [1.29, 1.82) is 0 Å². The molecular weight excluding hydrogens is 258 g/mol. The zero-order chi connectivity index (χ0) is 15.1. The van der Waals surface area contributed by atoms with Crippen molar-refractivity contribution in [2.45, 2.75) is 33.2 Å². The third-order valence-electron chi connectivity index (χ3n) is 2.76. The molecule has 0 radical (unpaired) electrons. The summed E-state index contributed by atoms with van der Waals surface area (Å²) < 4.78 is 5.18. The number of anilines is 2. The second-order valence-corrected chi connectivity index (χ2v) is 4.50. The van der Waals surface area contributed by atoms with Gasteiger partial charge >= 0.3 is 6.03 Å². The normalized spacial score (nSPS) is 11.4. The summed E-state index contributed by atoms with van der Waals surface area (Å²) in [4.78, 5) is 22.8. The summed E-state index contributed by atoms with van der Waals surface area (Å²) in [5.41, 5.74) is 1.16. The average Bonchev–Trinajstić information content (AvgIpc) is 2.39. The summed E-state index contributed by atoms with van der Waals surface area (Å²) in [6, 6.07) is 4.87. The molecule has 0 saturated heterocycles. The van der Waals surface area contributed by atoms with Gasteiger partial charge in [-0.1, -0.05) is 6.92 Å². The smallest absolute Gasteiger partial charge is 0.319 e. The predicted octanol–water partition coefficient (Wildman–Crippen LogP) is 2.57. The molecular formula is C14H21N3O3. The Morgan fingerprint density at radius 1 is 1.30 bits per heavy atom. The lowest BCUT2D eigenvalue weighted by Gasteiger charge is -2.14. The Bertz CT molecular complexity index is 489. The molecule has 1 aromatic carbocycles. The molecule has 3 N–H and O–H groups in total. The van der Waals surface area contributed by atoms with Gasteiger partial charge in [-0.25, -0.2) is 4.79 Å². The molecule has 0 aliphatic carbocycles. The standard InChI is InChI=1S/C14H21N3O3/c1-5-9(2)15-14(19)17-11-6-7-12(16-10(3)18)13(8-11)20-4/h6-9H,5H2,1-4H3,(H,16,18)(H2,15,17,19). The minimum Gasteiger partial charge on any atom is -0.494 e. The quantitative estimate of drug-likeness (QED) is 0.775. The van der Waals surface area contributed by atoms with E-state index in [9.17, 15) is 9.59 Å². The largest absolute Gasteiger partial charge is 0.494 e. The molecule has 110 valence electrons. The number of methoxy groups -OCH3 is 1. The van der Waals surface area contributed by atoms with Crippen LogP contribution in [0.3, 0.4) is 0 Å². The molecule has 3 amide bonds. The van der Waals surface area contributed by atoms with Crippen molar-refractivity contribution < 1.29 is 14.3 Å². The van der Waals surface area contributed by atoms with Gasteiger partial charge in [-0.2, -0.15) is 0 Å². The molecule has 0 aliphatic heterocycles. The minimum atomic E-state index is -0.270. The first-order valence-corrected chi connectivity index (χ1v) is 6.49. The van der Waals surface area contributed by atoms with Crippen LogP contribution in [0.15, 0.2) is 18.2 Å². The first-order valence-electron chi connectivity index (χ1n) is 6.49. The zero-order valence-electron chi connectivity index (χ0n) is 12.2. The van der Waals surface area contributed by atoms with Gasteiger partial charge in [0.15, 0.2) is 0 Å². The van der Waals surface area contributed by atoms with Crippen LogP contribution in [-0.4, -0.2) is 25.1 Å². The number of hydrogen-bond acceptors (Lipinski definition) is 3. The van der Waals surface area contributed by atoms with Crippen LogP contribution in [0.25, 0.3) is 0 Å². The zero-order valence-corrected chi connectivity index (χ0v) is 12.2. The van der Waals surface area contributed by atoms with Crippen LogP contribution in [0, 0.1) is 0 Å². The van der Waals surface area contributed by atoms with Crippen LogP contribution < -0.4 is 20.7 Å². The summed E-state index contributed by atoms with van der Waals surface area (Å²) in [7, 11) is 1.50. The van der Waals surface area contributed by atoms with E-state index < -0.39 is 0 Å². The summed E-state index contributed by atoms with van der Waals surface area (Å²) in [5.74, 6) is 0.306. The Kier molecular flexibility index (Phi) is 5.83. The number of amides is 3. The molecule has 0 aliphatic rings. The van der Waals surface area contributed by atoms with Crippen molar-refractivity contribution in [1.82, 2.24) is 5.32 Å². The highest BCUT2D eigenvalue weighted by molar-refractivity contribution is 5.93. The van der Waals surface area contributed by atoms with E-state index in [2.05, 4.69) is 16.0 Å². The van der Waals surface area contributed by atoms with Crippen LogP contribution in [0.4, 0.5) is 16.2 Å². The van der Waals surface area contributed by atoms with Crippen molar-refractivity contribution in [3.8, 4) is 5.75 Å². The molecule has 6 heteroatoms. The van der Waals surface area contributed by atoms with Gasteiger partial charge in [0.25, 0.3) is 0 Å². The molecule has 0 aromatic heterocycles. The highest BCUT2D eigenvalue weighted by Gasteiger charge is 2.09. The van der Waals surface area contributed by atoms with E-state index in [1.807, 2.05) is 13.8 Å². The number of hydrogen-bond donors (Lipinski definition) is 3. The summed E-state index contributed by atoms with van der Waals surface area (Å²) in [5, 5.41) is 8.18. The molecule has 0 saturated carbocycles. The highest BCUT2D eigenvalue weighted by atomic mass is 16.5. The molecule has 0 bridgehead atoms. The lowest BCUT2D eigenvalue weighted by molar-refractivity contribution is -0.114. The van der Waals surface area contributed by atoms with Gasteiger partial charge in [-0.3, -0.25) is 4.79 Å². The van der Waals surface area contributed by atoms with E-state index in [4.69, 9.17) is 4.74 Å². The third-order valence-corrected chi connectivity index (χ3v) is 2.76. The van der Waals surface area contributed by atoms with Gasteiger partial charge < -0.3 is 20.7 Å². The number of urea groups is 1. The second-order valence-electron chi connectivity index (χ2n) is 4.50. The van der Waals surface area contributed by atoms with Crippen LogP contribution in [0.1, 0.15) is 27.2 Å². The Balaban J connectivity index is 2.77. The fourth-order valence-electron chi connectivity index (χ4n) is 1.55. The van der Waals surface area contributed by atoms with Gasteiger partial charge in [-0.05, 0) is 25.5 Å². The van der Waals surface area contributed by atoms with Crippen LogP contribution in [0.2, 0.25) is 0 Å². The summed E-state index contributed by atoms with van der Waals surface area (Å²) in [6.45, 7) is 5.35. The fourth-order valence-corrected chi connectivity index (χ4v) is 1.55. The monoisotopic (exact) mass is 279 g/mol. The van der Waals surface area contributed by atoms with E-state index in [0.717, 1.165) is 6.42 Å². The van der Waals surface area contributed by atoms with Crippen molar-refractivity contribution in [2.75, 3.05) is 17.7 Å². The topological polar surface area (TPSA) is 79.5 Å².